The molecule has 0 amide bonds. The number of aliphatic carboxylic acids is 1. The van der Waals surface area contributed by atoms with Crippen molar-refractivity contribution in [2.75, 3.05) is 13.2 Å². The van der Waals surface area contributed by atoms with Crippen LogP contribution in [0.15, 0.2) is 54.9 Å². The van der Waals surface area contributed by atoms with Crippen LogP contribution >= 0.6 is 11.6 Å². The van der Waals surface area contributed by atoms with Crippen molar-refractivity contribution in [2.45, 2.75) is 25.9 Å². The molecule has 0 radical (unpaired) electrons. The van der Waals surface area contributed by atoms with Crippen LogP contribution in [0, 0.1) is 5.41 Å². The SMILES string of the molecule is CC1(C(=O)O)CC(OCCOc2ccc3cc(-c4nccc5ccc(Cl)nc45)cnc3c2)C1. The molecule has 4 aromatic rings. The van der Waals surface area contributed by atoms with Crippen LogP contribution in [-0.2, 0) is 9.53 Å². The van der Waals surface area contributed by atoms with Gasteiger partial charge in [-0.2, -0.15) is 0 Å². The highest BCUT2D eigenvalue weighted by Gasteiger charge is 2.47. The zero-order valence-corrected chi connectivity index (χ0v) is 18.7. The van der Waals surface area contributed by atoms with Gasteiger partial charge >= 0.3 is 5.97 Å². The van der Waals surface area contributed by atoms with Crippen molar-refractivity contribution in [3.8, 4) is 17.0 Å². The lowest BCUT2D eigenvalue weighted by Gasteiger charge is -2.41. The standard InChI is InChI=1S/C25H22ClN3O4/c1-25(24(30)31)12-19(13-25)33-9-8-32-18-4-2-16-10-17(14-28-20(16)11-18)22-23-15(6-7-27-22)3-5-21(26)29-23/h2-7,10-11,14,19H,8-9,12-13H2,1H3,(H,30,31). The summed E-state index contributed by atoms with van der Waals surface area (Å²) in [6.45, 7) is 2.55. The van der Waals surface area contributed by atoms with Crippen LogP contribution in [0.4, 0.5) is 0 Å². The van der Waals surface area contributed by atoms with E-state index in [1.807, 2.05) is 36.4 Å². The summed E-state index contributed by atoms with van der Waals surface area (Å²) < 4.78 is 11.5. The number of carbonyl (C=O) groups is 1. The average Bonchev–Trinajstić information content (AvgIpc) is 2.79. The number of pyridine rings is 3. The van der Waals surface area contributed by atoms with Crippen molar-refractivity contribution in [3.63, 3.8) is 0 Å². The Hall–Kier alpha value is -3.29. The fourth-order valence-corrected chi connectivity index (χ4v) is 4.31. The van der Waals surface area contributed by atoms with E-state index in [9.17, 15) is 4.79 Å². The monoisotopic (exact) mass is 463 g/mol. The number of nitrogens with zero attached hydrogens (tertiary/aromatic N) is 3. The molecule has 0 saturated heterocycles. The van der Waals surface area contributed by atoms with Gasteiger partial charge in [0.2, 0.25) is 0 Å². The summed E-state index contributed by atoms with van der Waals surface area (Å²) in [5, 5.41) is 11.5. The minimum Gasteiger partial charge on any atom is -0.491 e. The van der Waals surface area contributed by atoms with Gasteiger partial charge in [0.05, 0.1) is 34.9 Å². The number of aromatic nitrogens is 3. The number of rotatable bonds is 7. The Morgan fingerprint density at radius 1 is 1.12 bits per heavy atom. The topological polar surface area (TPSA) is 94.4 Å². The maximum absolute atomic E-state index is 11.1. The molecule has 1 N–H and O–H groups in total. The lowest BCUT2D eigenvalue weighted by Crippen LogP contribution is -2.46. The van der Waals surface area contributed by atoms with Gasteiger partial charge in [-0.05, 0) is 56.2 Å². The van der Waals surface area contributed by atoms with Crippen LogP contribution in [0.5, 0.6) is 5.75 Å². The quantitative estimate of drug-likeness (QED) is 0.299. The maximum atomic E-state index is 11.1. The Morgan fingerprint density at radius 3 is 2.76 bits per heavy atom. The molecule has 5 rings (SSSR count). The molecule has 8 heteroatoms. The molecule has 3 aromatic heterocycles. The molecule has 1 saturated carbocycles. The van der Waals surface area contributed by atoms with Gasteiger partial charge < -0.3 is 14.6 Å². The Morgan fingerprint density at radius 2 is 1.94 bits per heavy atom. The molecule has 1 aromatic carbocycles. The number of carboxylic acid groups (broad SMARTS) is 1. The second kappa shape index (κ2) is 8.57. The smallest absolute Gasteiger partial charge is 0.309 e. The average molecular weight is 464 g/mol. The third-order valence-electron chi connectivity index (χ3n) is 6.08. The first kappa shape index (κ1) is 21.6. The fraction of sp³-hybridized carbons (Fsp3) is 0.280. The van der Waals surface area contributed by atoms with Gasteiger partial charge in [-0.1, -0.05) is 11.6 Å². The van der Waals surface area contributed by atoms with Gasteiger partial charge in [-0.25, -0.2) is 4.98 Å². The molecule has 0 spiro atoms. The second-order valence-corrected chi connectivity index (χ2v) is 8.95. The van der Waals surface area contributed by atoms with E-state index >= 15 is 0 Å². The van der Waals surface area contributed by atoms with Crippen molar-refractivity contribution in [3.05, 3.63) is 60.0 Å². The summed E-state index contributed by atoms with van der Waals surface area (Å²) >= 11 is 6.10. The summed E-state index contributed by atoms with van der Waals surface area (Å²) in [6, 6.07) is 13.3. The van der Waals surface area contributed by atoms with Crippen molar-refractivity contribution >= 4 is 39.4 Å². The molecule has 1 aliphatic rings. The summed E-state index contributed by atoms with van der Waals surface area (Å²) in [5.74, 6) is -0.0613. The third kappa shape index (κ3) is 4.34. The minimum atomic E-state index is -0.762. The molecule has 0 bridgehead atoms. The van der Waals surface area contributed by atoms with E-state index < -0.39 is 11.4 Å². The van der Waals surface area contributed by atoms with E-state index in [0.717, 1.165) is 33.1 Å². The second-order valence-electron chi connectivity index (χ2n) is 8.56. The van der Waals surface area contributed by atoms with Crippen molar-refractivity contribution in [1.29, 1.82) is 0 Å². The molecular weight excluding hydrogens is 442 g/mol. The Bertz CT molecular complexity index is 1350. The molecular formula is C25H22ClN3O4. The highest BCUT2D eigenvalue weighted by atomic mass is 35.5. The molecule has 0 aliphatic heterocycles. The first-order valence-electron chi connectivity index (χ1n) is 10.7. The van der Waals surface area contributed by atoms with E-state index in [-0.39, 0.29) is 6.10 Å². The first-order chi connectivity index (χ1) is 15.9. The molecule has 0 atom stereocenters. The van der Waals surface area contributed by atoms with Gasteiger partial charge in [-0.15, -0.1) is 0 Å². The Balaban J connectivity index is 1.25. The molecule has 0 unspecified atom stereocenters. The van der Waals surface area contributed by atoms with Crippen LogP contribution < -0.4 is 4.74 Å². The van der Waals surface area contributed by atoms with Crippen molar-refractivity contribution in [1.82, 2.24) is 15.0 Å². The van der Waals surface area contributed by atoms with E-state index in [2.05, 4.69) is 15.0 Å². The zero-order chi connectivity index (χ0) is 23.0. The Kier molecular flexibility index (Phi) is 5.60. The number of carboxylic acids is 1. The number of fused-ring (bicyclic) bond motifs is 2. The highest BCUT2D eigenvalue weighted by Crippen LogP contribution is 2.42. The fourth-order valence-electron chi connectivity index (χ4n) is 4.17. The predicted octanol–water partition coefficient (Wildman–Crippen LogP) is 5.15. The van der Waals surface area contributed by atoms with Gasteiger partial charge in [0.25, 0.3) is 0 Å². The summed E-state index contributed by atoms with van der Waals surface area (Å²) in [6.07, 6.45) is 4.59. The molecule has 33 heavy (non-hydrogen) atoms. The van der Waals surface area contributed by atoms with Crippen LogP contribution in [0.1, 0.15) is 19.8 Å². The van der Waals surface area contributed by atoms with Gasteiger partial charge in [0.1, 0.15) is 17.5 Å². The van der Waals surface area contributed by atoms with Crippen LogP contribution in [0.3, 0.4) is 0 Å². The first-order valence-corrected chi connectivity index (χ1v) is 11.1. The number of ether oxygens (including phenoxy) is 2. The van der Waals surface area contributed by atoms with Crippen LogP contribution in [-0.4, -0.2) is 45.3 Å². The molecule has 168 valence electrons. The van der Waals surface area contributed by atoms with Crippen LogP contribution in [0.25, 0.3) is 33.1 Å². The lowest BCUT2D eigenvalue weighted by molar-refractivity contribution is -0.165. The molecule has 1 fully saturated rings. The van der Waals surface area contributed by atoms with E-state index in [4.69, 9.17) is 26.2 Å². The number of hydrogen-bond donors (Lipinski definition) is 1. The predicted molar refractivity (Wildman–Crippen MR) is 125 cm³/mol. The Labute approximate surface area is 195 Å². The minimum absolute atomic E-state index is 0.0153. The highest BCUT2D eigenvalue weighted by molar-refractivity contribution is 6.29. The van der Waals surface area contributed by atoms with Crippen LogP contribution in [0.2, 0.25) is 5.15 Å². The number of halogens is 1. The van der Waals surface area contributed by atoms with E-state index in [1.54, 1.807) is 25.4 Å². The number of hydrogen-bond acceptors (Lipinski definition) is 6. The van der Waals surface area contributed by atoms with Crippen molar-refractivity contribution in [2.24, 2.45) is 5.41 Å². The van der Waals surface area contributed by atoms with Gasteiger partial charge in [0.15, 0.2) is 0 Å². The zero-order valence-electron chi connectivity index (χ0n) is 18.0. The van der Waals surface area contributed by atoms with E-state index in [0.29, 0.717) is 37.0 Å². The maximum Gasteiger partial charge on any atom is 0.309 e. The number of benzene rings is 1. The summed E-state index contributed by atoms with van der Waals surface area (Å²) in [5.41, 5.74) is 2.48. The molecule has 1 aliphatic carbocycles. The summed E-state index contributed by atoms with van der Waals surface area (Å²) in [4.78, 5) is 24.7. The summed E-state index contributed by atoms with van der Waals surface area (Å²) in [7, 11) is 0. The normalized spacial score (nSPS) is 20.0. The van der Waals surface area contributed by atoms with E-state index in [1.165, 1.54) is 0 Å². The van der Waals surface area contributed by atoms with Gasteiger partial charge in [-0.3, -0.25) is 14.8 Å². The lowest BCUT2D eigenvalue weighted by atomic mass is 9.68. The van der Waals surface area contributed by atoms with Crippen molar-refractivity contribution < 1.29 is 19.4 Å². The third-order valence-corrected chi connectivity index (χ3v) is 6.29. The molecule has 3 heterocycles. The largest absolute Gasteiger partial charge is 0.491 e. The van der Waals surface area contributed by atoms with Gasteiger partial charge in [0, 0.05) is 34.8 Å². The molecule has 7 nitrogen and oxygen atoms in total.